The van der Waals surface area contributed by atoms with Gasteiger partial charge >= 0.3 is 0 Å². The van der Waals surface area contributed by atoms with Crippen molar-refractivity contribution in [2.75, 3.05) is 5.32 Å². The highest BCUT2D eigenvalue weighted by Crippen LogP contribution is 2.40. The Morgan fingerprint density at radius 1 is 1.17 bits per heavy atom. The number of hydrogen-bond donors (Lipinski definition) is 1. The molecule has 2 aliphatic heterocycles. The van der Waals surface area contributed by atoms with Crippen LogP contribution >= 0.6 is 15.9 Å². The summed E-state index contributed by atoms with van der Waals surface area (Å²) in [6.45, 7) is 1.98. The van der Waals surface area contributed by atoms with Gasteiger partial charge < -0.3 is 10.2 Å². The van der Waals surface area contributed by atoms with E-state index in [0.717, 1.165) is 36.3 Å². The van der Waals surface area contributed by atoms with Gasteiger partial charge in [0, 0.05) is 6.04 Å². The summed E-state index contributed by atoms with van der Waals surface area (Å²) in [5, 5.41) is 12.0. The zero-order valence-electron chi connectivity index (χ0n) is 15.9. The van der Waals surface area contributed by atoms with Crippen LogP contribution in [0.2, 0.25) is 0 Å². The molecule has 0 saturated carbocycles. The fourth-order valence-electron chi connectivity index (χ4n) is 4.60. The third-order valence-electron chi connectivity index (χ3n) is 5.81. The fourth-order valence-corrected chi connectivity index (χ4v) is 4.81. The molecule has 0 unspecified atom stereocenters. The number of benzene rings is 1. The molecule has 29 heavy (non-hydrogen) atoms. The zero-order chi connectivity index (χ0) is 20.0. The van der Waals surface area contributed by atoms with E-state index in [-0.39, 0.29) is 24.0 Å². The lowest BCUT2D eigenvalue weighted by atomic mass is 9.95. The Morgan fingerprint density at radius 3 is 2.76 bits per heavy atom. The van der Waals surface area contributed by atoms with Crippen molar-refractivity contribution < 1.29 is 4.79 Å². The molecule has 2 saturated heterocycles. The lowest BCUT2D eigenvalue weighted by Gasteiger charge is -2.26. The maximum atomic E-state index is 13.6. The van der Waals surface area contributed by atoms with Crippen molar-refractivity contribution in [1.29, 1.82) is 0 Å². The summed E-state index contributed by atoms with van der Waals surface area (Å²) in [4.78, 5) is 25.8. The van der Waals surface area contributed by atoms with Gasteiger partial charge in [0.25, 0.3) is 5.91 Å². The minimum absolute atomic E-state index is 0.0414. The summed E-state index contributed by atoms with van der Waals surface area (Å²) in [7, 11) is 0. The molecule has 0 radical (unpaired) electrons. The Hall–Kier alpha value is -2.81. The van der Waals surface area contributed by atoms with Crippen molar-refractivity contribution in [3.05, 3.63) is 58.7 Å². The van der Waals surface area contributed by atoms with Crippen LogP contribution in [0.25, 0.3) is 5.69 Å². The van der Waals surface area contributed by atoms with Gasteiger partial charge in [-0.25, -0.2) is 9.97 Å². The van der Waals surface area contributed by atoms with Crippen molar-refractivity contribution in [1.82, 2.24) is 29.9 Å². The summed E-state index contributed by atoms with van der Waals surface area (Å²) in [6.07, 6.45) is 9.56. The van der Waals surface area contributed by atoms with Crippen LogP contribution in [0.15, 0.2) is 47.6 Å². The second-order valence-electron chi connectivity index (χ2n) is 7.51. The third kappa shape index (κ3) is 3.19. The molecular weight excluding hydrogens is 434 g/mol. The molecule has 2 bridgehead atoms. The van der Waals surface area contributed by atoms with Crippen LogP contribution in [0.5, 0.6) is 0 Å². The molecule has 9 heteroatoms. The topological polar surface area (TPSA) is 88.8 Å². The number of amides is 1. The van der Waals surface area contributed by atoms with Crippen LogP contribution in [0.4, 0.5) is 5.82 Å². The molecule has 8 nitrogen and oxygen atoms in total. The Balaban J connectivity index is 1.43. The Bertz CT molecular complexity index is 1040. The van der Waals surface area contributed by atoms with Crippen molar-refractivity contribution in [2.45, 2.75) is 44.3 Å². The molecule has 1 aromatic carbocycles. The molecular formula is C20H20BrN7O. The van der Waals surface area contributed by atoms with Crippen molar-refractivity contribution in [3.8, 4) is 5.69 Å². The number of hydrogen-bond acceptors (Lipinski definition) is 6. The monoisotopic (exact) mass is 453 g/mol. The van der Waals surface area contributed by atoms with Crippen molar-refractivity contribution in [2.24, 2.45) is 0 Å². The number of rotatable bonds is 4. The summed E-state index contributed by atoms with van der Waals surface area (Å²) >= 11 is 3.31. The van der Waals surface area contributed by atoms with Gasteiger partial charge in [-0.2, -0.15) is 15.0 Å². The van der Waals surface area contributed by atoms with Crippen LogP contribution in [-0.4, -0.2) is 53.9 Å². The lowest BCUT2D eigenvalue weighted by Crippen LogP contribution is -2.40. The smallest absolute Gasteiger partial charge is 0.256 e. The van der Waals surface area contributed by atoms with Gasteiger partial charge in [0.1, 0.15) is 16.1 Å². The second kappa shape index (κ2) is 7.22. The number of halogens is 1. The van der Waals surface area contributed by atoms with Gasteiger partial charge in [0.05, 0.1) is 42.4 Å². The standard InChI is InChI=1S/C20H20BrN7O/c1-12-3-2-4-14(19(12)28-24-7-8-25-28)20(29)27-13-5-6-16(27)15(9-13)26-18-11-22-17(21)10-23-18/h2-4,7-8,10-11,13,15-16H,5-6,9H2,1H3,(H,23,26)/t13-,15-,16+/m1/s1. The first-order valence-electron chi connectivity index (χ1n) is 9.65. The second-order valence-corrected chi connectivity index (χ2v) is 8.32. The summed E-state index contributed by atoms with van der Waals surface area (Å²) in [5.41, 5.74) is 2.36. The molecule has 1 amide bonds. The molecule has 1 N–H and O–H groups in total. The predicted molar refractivity (Wildman–Crippen MR) is 111 cm³/mol. The molecule has 4 heterocycles. The zero-order valence-corrected chi connectivity index (χ0v) is 17.5. The normalized spacial score (nSPS) is 22.8. The van der Waals surface area contributed by atoms with Gasteiger partial charge in [-0.05, 0) is 53.7 Å². The van der Waals surface area contributed by atoms with Gasteiger partial charge in [0.15, 0.2) is 0 Å². The Morgan fingerprint density at radius 2 is 2.00 bits per heavy atom. The van der Waals surface area contributed by atoms with E-state index in [2.05, 4.69) is 41.4 Å². The van der Waals surface area contributed by atoms with Crippen LogP contribution in [0, 0.1) is 6.92 Å². The first-order chi connectivity index (χ1) is 14.1. The van der Waals surface area contributed by atoms with Crippen LogP contribution in [-0.2, 0) is 0 Å². The number of carbonyl (C=O) groups is 1. The summed E-state index contributed by atoms with van der Waals surface area (Å²) in [5.74, 6) is 0.773. The number of carbonyl (C=O) groups excluding carboxylic acids is 1. The van der Waals surface area contributed by atoms with E-state index < -0.39 is 0 Å². The quantitative estimate of drug-likeness (QED) is 0.652. The number of nitrogens with one attached hydrogen (secondary N) is 1. The molecule has 2 fully saturated rings. The van der Waals surface area contributed by atoms with Crippen LogP contribution in [0.3, 0.4) is 0 Å². The number of anilines is 1. The number of para-hydroxylation sites is 1. The maximum absolute atomic E-state index is 13.6. The number of aromatic nitrogens is 5. The third-order valence-corrected chi connectivity index (χ3v) is 6.22. The highest BCUT2D eigenvalue weighted by molar-refractivity contribution is 9.10. The molecule has 0 aliphatic carbocycles. The molecule has 2 aromatic heterocycles. The summed E-state index contributed by atoms with van der Waals surface area (Å²) < 4.78 is 0.701. The maximum Gasteiger partial charge on any atom is 0.256 e. The molecule has 2 aliphatic rings. The molecule has 0 spiro atoms. The van der Waals surface area contributed by atoms with Gasteiger partial charge in [-0.15, -0.1) is 0 Å². The largest absolute Gasteiger partial charge is 0.364 e. The van der Waals surface area contributed by atoms with E-state index in [9.17, 15) is 4.79 Å². The molecule has 148 valence electrons. The number of nitrogens with zero attached hydrogens (tertiary/aromatic N) is 6. The fraction of sp³-hybridized carbons (Fsp3) is 0.350. The van der Waals surface area contributed by atoms with Gasteiger partial charge in [-0.3, -0.25) is 4.79 Å². The van der Waals surface area contributed by atoms with Crippen molar-refractivity contribution >= 4 is 27.7 Å². The van der Waals surface area contributed by atoms with E-state index >= 15 is 0 Å². The van der Waals surface area contributed by atoms with E-state index in [1.54, 1.807) is 24.8 Å². The first-order valence-corrected chi connectivity index (χ1v) is 10.4. The molecule has 3 aromatic rings. The van der Waals surface area contributed by atoms with Gasteiger partial charge in [-0.1, -0.05) is 12.1 Å². The highest BCUT2D eigenvalue weighted by Gasteiger charge is 2.49. The van der Waals surface area contributed by atoms with Crippen molar-refractivity contribution in [3.63, 3.8) is 0 Å². The highest BCUT2D eigenvalue weighted by atomic mass is 79.9. The lowest BCUT2D eigenvalue weighted by molar-refractivity contribution is 0.0727. The average Bonchev–Trinajstić information content (AvgIpc) is 3.45. The minimum Gasteiger partial charge on any atom is -0.364 e. The average molecular weight is 454 g/mol. The first kappa shape index (κ1) is 18.2. The SMILES string of the molecule is Cc1cccc(C(=O)N2[C@@H]3CC[C@H]2[C@H](Nc2cnc(Br)cn2)C3)c1-n1nccn1. The summed E-state index contributed by atoms with van der Waals surface area (Å²) in [6, 6.07) is 6.30. The predicted octanol–water partition coefficient (Wildman–Crippen LogP) is 2.99. The van der Waals surface area contributed by atoms with Gasteiger partial charge in [0.2, 0.25) is 0 Å². The van der Waals surface area contributed by atoms with Crippen LogP contribution in [0.1, 0.15) is 35.2 Å². The van der Waals surface area contributed by atoms with Crippen LogP contribution < -0.4 is 5.32 Å². The number of fused-ring (bicyclic) bond motifs is 2. The van der Waals surface area contributed by atoms with E-state index in [1.165, 1.54) is 4.80 Å². The number of aryl methyl sites for hydroxylation is 1. The van der Waals surface area contributed by atoms with E-state index in [1.807, 2.05) is 30.0 Å². The molecule has 3 atom stereocenters. The Labute approximate surface area is 176 Å². The van der Waals surface area contributed by atoms with E-state index in [0.29, 0.717) is 10.2 Å². The molecule has 5 rings (SSSR count). The minimum atomic E-state index is 0.0414. The van der Waals surface area contributed by atoms with E-state index in [4.69, 9.17) is 0 Å². The Kier molecular flexibility index (Phi) is 4.54.